The molecule has 0 aliphatic carbocycles. The van der Waals surface area contributed by atoms with Gasteiger partial charge < -0.3 is 15.1 Å². The highest BCUT2D eigenvalue weighted by Crippen LogP contribution is 2.28. The first-order valence-electron chi connectivity index (χ1n) is 7.32. The SMILES string of the molecule is CC1CN(C(CN)c2cc3ccccc3o2)CCN1C. The van der Waals surface area contributed by atoms with E-state index >= 15 is 0 Å². The Morgan fingerprint density at radius 3 is 2.85 bits per heavy atom. The molecule has 2 atom stereocenters. The Bertz CT molecular complexity index is 547. The molecule has 2 aromatic rings. The average Bonchev–Trinajstić information content (AvgIpc) is 2.87. The lowest BCUT2D eigenvalue weighted by atomic mass is 10.1. The van der Waals surface area contributed by atoms with Crippen molar-refractivity contribution in [2.75, 3.05) is 33.2 Å². The summed E-state index contributed by atoms with van der Waals surface area (Å²) in [7, 11) is 2.18. The van der Waals surface area contributed by atoms with E-state index in [-0.39, 0.29) is 6.04 Å². The fraction of sp³-hybridized carbons (Fsp3) is 0.500. The van der Waals surface area contributed by atoms with E-state index in [9.17, 15) is 0 Å². The van der Waals surface area contributed by atoms with E-state index < -0.39 is 0 Å². The third kappa shape index (κ3) is 2.46. The minimum absolute atomic E-state index is 0.179. The maximum atomic E-state index is 6.02. The number of hydrogen-bond donors (Lipinski definition) is 1. The normalized spacial score (nSPS) is 23.2. The van der Waals surface area contributed by atoms with Crippen LogP contribution in [0.1, 0.15) is 18.7 Å². The maximum Gasteiger partial charge on any atom is 0.134 e. The Morgan fingerprint density at radius 1 is 1.35 bits per heavy atom. The zero-order chi connectivity index (χ0) is 14.1. The Balaban J connectivity index is 1.85. The molecule has 3 rings (SSSR count). The van der Waals surface area contributed by atoms with Gasteiger partial charge in [0.2, 0.25) is 0 Å². The van der Waals surface area contributed by atoms with Crippen molar-refractivity contribution in [2.24, 2.45) is 5.73 Å². The van der Waals surface area contributed by atoms with Gasteiger partial charge in [0, 0.05) is 37.6 Å². The van der Waals surface area contributed by atoms with E-state index in [1.807, 2.05) is 18.2 Å². The van der Waals surface area contributed by atoms with Crippen LogP contribution in [-0.2, 0) is 0 Å². The number of para-hydroxylation sites is 1. The van der Waals surface area contributed by atoms with Gasteiger partial charge in [-0.2, -0.15) is 0 Å². The van der Waals surface area contributed by atoms with E-state index in [4.69, 9.17) is 10.2 Å². The molecule has 1 aromatic carbocycles. The summed E-state index contributed by atoms with van der Waals surface area (Å²) >= 11 is 0. The Kier molecular flexibility index (Phi) is 3.78. The molecule has 4 nitrogen and oxygen atoms in total. The molecule has 1 saturated heterocycles. The molecule has 1 aliphatic heterocycles. The highest BCUT2D eigenvalue weighted by molar-refractivity contribution is 5.77. The Morgan fingerprint density at radius 2 is 2.15 bits per heavy atom. The van der Waals surface area contributed by atoms with Crippen LogP contribution >= 0.6 is 0 Å². The van der Waals surface area contributed by atoms with Gasteiger partial charge in [-0.05, 0) is 26.1 Å². The highest BCUT2D eigenvalue weighted by atomic mass is 16.3. The zero-order valence-electron chi connectivity index (χ0n) is 12.2. The van der Waals surface area contributed by atoms with Crippen LogP contribution in [0.25, 0.3) is 11.0 Å². The van der Waals surface area contributed by atoms with Gasteiger partial charge in [0.05, 0.1) is 6.04 Å². The molecule has 0 radical (unpaired) electrons. The summed E-state index contributed by atoms with van der Waals surface area (Å²) in [6, 6.07) is 11.0. The van der Waals surface area contributed by atoms with E-state index in [1.165, 1.54) is 0 Å². The van der Waals surface area contributed by atoms with Crippen molar-refractivity contribution in [3.63, 3.8) is 0 Å². The van der Waals surface area contributed by atoms with E-state index in [0.717, 1.165) is 36.4 Å². The van der Waals surface area contributed by atoms with Crippen molar-refractivity contribution in [3.8, 4) is 0 Å². The van der Waals surface area contributed by atoms with Gasteiger partial charge in [-0.3, -0.25) is 4.90 Å². The third-order valence-electron chi connectivity index (χ3n) is 4.43. The van der Waals surface area contributed by atoms with Gasteiger partial charge in [-0.1, -0.05) is 18.2 Å². The predicted octanol–water partition coefficient (Wildman–Crippen LogP) is 2.07. The number of likely N-dealkylation sites (N-methyl/N-ethyl adjacent to an activating group) is 1. The molecule has 2 unspecified atom stereocenters. The molecule has 2 heterocycles. The van der Waals surface area contributed by atoms with Gasteiger partial charge in [0.1, 0.15) is 11.3 Å². The molecule has 1 fully saturated rings. The van der Waals surface area contributed by atoms with Crippen molar-refractivity contribution in [1.29, 1.82) is 0 Å². The summed E-state index contributed by atoms with van der Waals surface area (Å²) in [6.07, 6.45) is 0. The van der Waals surface area contributed by atoms with Crippen molar-refractivity contribution in [1.82, 2.24) is 9.80 Å². The first-order chi connectivity index (χ1) is 9.69. The predicted molar refractivity (Wildman–Crippen MR) is 81.7 cm³/mol. The lowest BCUT2D eigenvalue weighted by molar-refractivity contribution is 0.0671. The van der Waals surface area contributed by atoms with Gasteiger partial charge >= 0.3 is 0 Å². The van der Waals surface area contributed by atoms with Crippen LogP contribution in [0.2, 0.25) is 0 Å². The Labute approximate surface area is 120 Å². The molecule has 2 N–H and O–H groups in total. The highest BCUT2D eigenvalue weighted by Gasteiger charge is 2.28. The fourth-order valence-electron chi connectivity index (χ4n) is 2.97. The summed E-state index contributed by atoms with van der Waals surface area (Å²) in [6.45, 7) is 6.02. The molecular formula is C16H23N3O. The summed E-state index contributed by atoms with van der Waals surface area (Å²) in [4.78, 5) is 4.84. The van der Waals surface area contributed by atoms with Crippen LogP contribution in [0, 0.1) is 0 Å². The molecule has 1 aliphatic rings. The van der Waals surface area contributed by atoms with Crippen molar-refractivity contribution in [3.05, 3.63) is 36.1 Å². The summed E-state index contributed by atoms with van der Waals surface area (Å²) in [5.41, 5.74) is 6.97. The molecule has 0 amide bonds. The van der Waals surface area contributed by atoms with Crippen LogP contribution in [0.3, 0.4) is 0 Å². The molecule has 4 heteroatoms. The van der Waals surface area contributed by atoms with Crippen molar-refractivity contribution in [2.45, 2.75) is 19.0 Å². The minimum Gasteiger partial charge on any atom is -0.459 e. The number of hydrogen-bond acceptors (Lipinski definition) is 4. The van der Waals surface area contributed by atoms with Crippen molar-refractivity contribution >= 4 is 11.0 Å². The molecular weight excluding hydrogens is 250 g/mol. The molecule has 1 aromatic heterocycles. The van der Waals surface area contributed by atoms with Crippen molar-refractivity contribution < 1.29 is 4.42 Å². The monoisotopic (exact) mass is 273 g/mol. The second kappa shape index (κ2) is 5.56. The summed E-state index contributed by atoms with van der Waals surface area (Å²) in [5, 5.41) is 1.16. The average molecular weight is 273 g/mol. The zero-order valence-corrected chi connectivity index (χ0v) is 12.2. The molecule has 0 bridgehead atoms. The van der Waals surface area contributed by atoms with Gasteiger partial charge in [-0.25, -0.2) is 0 Å². The quantitative estimate of drug-likeness (QED) is 0.930. The second-order valence-corrected chi connectivity index (χ2v) is 5.76. The number of nitrogens with zero attached hydrogens (tertiary/aromatic N) is 2. The lowest BCUT2D eigenvalue weighted by Gasteiger charge is -2.40. The minimum atomic E-state index is 0.179. The van der Waals surface area contributed by atoms with E-state index in [2.05, 4.69) is 35.9 Å². The lowest BCUT2D eigenvalue weighted by Crippen LogP contribution is -2.52. The largest absolute Gasteiger partial charge is 0.459 e. The molecule has 0 saturated carbocycles. The van der Waals surface area contributed by atoms with E-state index in [1.54, 1.807) is 0 Å². The van der Waals surface area contributed by atoms with Crippen LogP contribution < -0.4 is 5.73 Å². The molecule has 20 heavy (non-hydrogen) atoms. The van der Waals surface area contributed by atoms with Gasteiger partial charge in [0.15, 0.2) is 0 Å². The van der Waals surface area contributed by atoms with Crippen LogP contribution in [0.15, 0.2) is 34.7 Å². The van der Waals surface area contributed by atoms with Gasteiger partial charge in [-0.15, -0.1) is 0 Å². The van der Waals surface area contributed by atoms with Crippen LogP contribution in [0.5, 0.6) is 0 Å². The second-order valence-electron chi connectivity index (χ2n) is 5.76. The summed E-state index contributed by atoms with van der Waals surface area (Å²) < 4.78 is 6.00. The number of rotatable bonds is 3. The standard InChI is InChI=1S/C16H23N3O/c1-12-11-19(8-7-18(12)2)14(10-17)16-9-13-5-3-4-6-15(13)20-16/h3-6,9,12,14H,7-8,10-11,17H2,1-2H3. The molecule has 108 valence electrons. The van der Waals surface area contributed by atoms with Gasteiger partial charge in [0.25, 0.3) is 0 Å². The maximum absolute atomic E-state index is 6.02. The topological polar surface area (TPSA) is 45.6 Å². The fourth-order valence-corrected chi connectivity index (χ4v) is 2.97. The Hall–Kier alpha value is -1.36. The number of furan rings is 1. The number of piperazine rings is 1. The number of nitrogens with two attached hydrogens (primary N) is 1. The van der Waals surface area contributed by atoms with E-state index in [0.29, 0.717) is 12.6 Å². The molecule has 0 spiro atoms. The van der Waals surface area contributed by atoms with Crippen LogP contribution in [-0.4, -0.2) is 49.1 Å². The smallest absolute Gasteiger partial charge is 0.134 e. The summed E-state index contributed by atoms with van der Waals surface area (Å²) in [5.74, 6) is 0.991. The third-order valence-corrected chi connectivity index (χ3v) is 4.43. The number of benzene rings is 1. The first kappa shape index (κ1) is 13.6. The number of fused-ring (bicyclic) bond motifs is 1. The first-order valence-corrected chi connectivity index (χ1v) is 7.32. The van der Waals surface area contributed by atoms with Crippen LogP contribution in [0.4, 0.5) is 0 Å².